The summed E-state index contributed by atoms with van der Waals surface area (Å²) >= 11 is 5.85. The van der Waals surface area contributed by atoms with Gasteiger partial charge in [-0.05, 0) is 44.0 Å². The summed E-state index contributed by atoms with van der Waals surface area (Å²) in [7, 11) is -3.47. The minimum absolute atomic E-state index is 0.0904. The van der Waals surface area contributed by atoms with Gasteiger partial charge in [-0.3, -0.25) is 0 Å². The molecule has 100 valence electrons. The summed E-state index contributed by atoms with van der Waals surface area (Å²) in [6.45, 7) is 4.08. The molecule has 0 aromatic heterocycles. The fourth-order valence-electron chi connectivity index (χ4n) is 2.30. The third kappa shape index (κ3) is 2.28. The zero-order chi connectivity index (χ0) is 13.5. The summed E-state index contributed by atoms with van der Waals surface area (Å²) < 4.78 is 26.6. The van der Waals surface area contributed by atoms with Crippen LogP contribution < -0.4 is 5.73 Å². The molecule has 0 radical (unpaired) electrons. The van der Waals surface area contributed by atoms with E-state index in [9.17, 15) is 8.42 Å². The second kappa shape index (κ2) is 4.81. The fourth-order valence-corrected chi connectivity index (χ4v) is 4.43. The molecule has 2 rings (SSSR count). The molecule has 1 aromatic rings. The highest BCUT2D eigenvalue weighted by atomic mass is 35.5. The second-order valence-corrected chi connectivity index (χ2v) is 7.01. The first-order valence-corrected chi connectivity index (χ1v) is 7.69. The molecule has 4 nitrogen and oxygen atoms in total. The molecule has 1 saturated heterocycles. The van der Waals surface area contributed by atoms with Crippen molar-refractivity contribution < 1.29 is 8.42 Å². The molecule has 2 atom stereocenters. The van der Waals surface area contributed by atoms with E-state index >= 15 is 0 Å². The predicted molar refractivity (Wildman–Crippen MR) is 72.1 cm³/mol. The van der Waals surface area contributed by atoms with Gasteiger partial charge >= 0.3 is 0 Å². The summed E-state index contributed by atoms with van der Waals surface area (Å²) in [6.07, 6.45) is 0.701. The van der Waals surface area contributed by atoms with Crippen molar-refractivity contribution in [2.24, 2.45) is 5.73 Å². The number of nitrogens with zero attached hydrogens (tertiary/aromatic N) is 1. The Kier molecular flexibility index (Phi) is 3.69. The van der Waals surface area contributed by atoms with Crippen LogP contribution in [0.3, 0.4) is 0 Å². The first kappa shape index (κ1) is 13.8. The van der Waals surface area contributed by atoms with Crippen LogP contribution >= 0.6 is 11.6 Å². The molecular formula is C12H17ClN2O2S. The van der Waals surface area contributed by atoms with Crippen LogP contribution in [0.1, 0.15) is 18.9 Å². The summed E-state index contributed by atoms with van der Waals surface area (Å²) in [5.74, 6) is 0. The Bertz CT molecular complexity index is 559. The molecule has 2 unspecified atom stereocenters. The molecule has 0 amide bonds. The SMILES string of the molecule is Cc1cc(Cl)ccc1S(=O)(=O)N1CCC(N)C1C. The minimum Gasteiger partial charge on any atom is -0.326 e. The van der Waals surface area contributed by atoms with Gasteiger partial charge in [0.15, 0.2) is 0 Å². The van der Waals surface area contributed by atoms with Crippen LogP contribution in [0.15, 0.2) is 23.1 Å². The Hall–Kier alpha value is -0.620. The van der Waals surface area contributed by atoms with E-state index in [2.05, 4.69) is 0 Å². The third-order valence-corrected chi connectivity index (χ3v) is 5.86. The van der Waals surface area contributed by atoms with Gasteiger partial charge in [0, 0.05) is 23.7 Å². The van der Waals surface area contributed by atoms with E-state index < -0.39 is 10.0 Å². The molecule has 1 aromatic carbocycles. The van der Waals surface area contributed by atoms with Gasteiger partial charge in [0.2, 0.25) is 10.0 Å². The van der Waals surface area contributed by atoms with E-state index in [1.807, 2.05) is 6.92 Å². The number of halogens is 1. The van der Waals surface area contributed by atoms with E-state index in [0.717, 1.165) is 0 Å². The Balaban J connectivity index is 2.43. The van der Waals surface area contributed by atoms with Gasteiger partial charge in [-0.2, -0.15) is 4.31 Å². The largest absolute Gasteiger partial charge is 0.326 e. The van der Waals surface area contributed by atoms with Crippen molar-refractivity contribution >= 4 is 21.6 Å². The summed E-state index contributed by atoms with van der Waals surface area (Å²) in [5.41, 5.74) is 6.54. The lowest BCUT2D eigenvalue weighted by Gasteiger charge is -2.23. The van der Waals surface area contributed by atoms with E-state index in [1.54, 1.807) is 25.1 Å². The molecule has 0 spiro atoms. The Morgan fingerprint density at radius 3 is 2.61 bits per heavy atom. The van der Waals surface area contributed by atoms with E-state index in [-0.39, 0.29) is 12.1 Å². The monoisotopic (exact) mass is 288 g/mol. The highest BCUT2D eigenvalue weighted by Crippen LogP contribution is 2.28. The molecule has 6 heteroatoms. The maximum Gasteiger partial charge on any atom is 0.243 e. The number of aryl methyl sites for hydroxylation is 1. The summed E-state index contributed by atoms with van der Waals surface area (Å²) in [5, 5.41) is 0.539. The number of hydrogen-bond donors (Lipinski definition) is 1. The topological polar surface area (TPSA) is 63.4 Å². The molecule has 0 saturated carbocycles. The van der Waals surface area contributed by atoms with Crippen LogP contribution in [0.2, 0.25) is 5.02 Å². The van der Waals surface area contributed by atoms with Crippen LogP contribution in [0.25, 0.3) is 0 Å². The lowest BCUT2D eigenvalue weighted by atomic mass is 10.2. The first-order valence-electron chi connectivity index (χ1n) is 5.87. The molecule has 1 fully saturated rings. The van der Waals surface area contributed by atoms with Crippen molar-refractivity contribution in [2.75, 3.05) is 6.54 Å². The van der Waals surface area contributed by atoms with Gasteiger partial charge in [-0.15, -0.1) is 0 Å². The average molecular weight is 289 g/mol. The van der Waals surface area contributed by atoms with Crippen molar-refractivity contribution in [1.82, 2.24) is 4.31 Å². The molecule has 1 aliphatic heterocycles. The molecule has 2 N–H and O–H groups in total. The summed E-state index contributed by atoms with van der Waals surface area (Å²) in [4.78, 5) is 0.313. The Morgan fingerprint density at radius 1 is 1.44 bits per heavy atom. The Labute approximate surface area is 113 Å². The van der Waals surface area contributed by atoms with Gasteiger partial charge in [0.1, 0.15) is 0 Å². The minimum atomic E-state index is -3.47. The Morgan fingerprint density at radius 2 is 2.11 bits per heavy atom. The molecule has 0 aliphatic carbocycles. The van der Waals surface area contributed by atoms with Gasteiger partial charge in [0.25, 0.3) is 0 Å². The number of rotatable bonds is 2. The normalized spacial score (nSPS) is 25.6. The smallest absolute Gasteiger partial charge is 0.243 e. The van der Waals surface area contributed by atoms with Crippen molar-refractivity contribution in [3.05, 3.63) is 28.8 Å². The van der Waals surface area contributed by atoms with Crippen molar-refractivity contribution in [3.63, 3.8) is 0 Å². The maximum absolute atomic E-state index is 12.5. The molecular weight excluding hydrogens is 272 g/mol. The van der Waals surface area contributed by atoms with Gasteiger partial charge in [-0.1, -0.05) is 11.6 Å². The highest BCUT2D eigenvalue weighted by molar-refractivity contribution is 7.89. The van der Waals surface area contributed by atoms with Crippen molar-refractivity contribution in [1.29, 1.82) is 0 Å². The number of nitrogens with two attached hydrogens (primary N) is 1. The van der Waals surface area contributed by atoms with Gasteiger partial charge in [0.05, 0.1) is 4.90 Å². The molecule has 18 heavy (non-hydrogen) atoms. The van der Waals surface area contributed by atoms with Crippen LogP contribution in [0, 0.1) is 6.92 Å². The van der Waals surface area contributed by atoms with Crippen LogP contribution in [0.5, 0.6) is 0 Å². The lowest BCUT2D eigenvalue weighted by molar-refractivity contribution is 0.393. The van der Waals surface area contributed by atoms with Crippen molar-refractivity contribution in [2.45, 2.75) is 37.2 Å². The number of sulfonamides is 1. The summed E-state index contributed by atoms with van der Waals surface area (Å²) in [6, 6.07) is 4.57. The quantitative estimate of drug-likeness (QED) is 0.902. The van der Waals surface area contributed by atoms with Crippen LogP contribution in [0.4, 0.5) is 0 Å². The number of hydrogen-bond acceptors (Lipinski definition) is 3. The maximum atomic E-state index is 12.5. The van der Waals surface area contributed by atoms with Gasteiger partial charge < -0.3 is 5.73 Å². The molecule has 1 heterocycles. The second-order valence-electron chi connectivity index (χ2n) is 4.72. The predicted octanol–water partition coefficient (Wildman–Crippen LogP) is 1.76. The molecule has 1 aliphatic rings. The zero-order valence-electron chi connectivity index (χ0n) is 10.4. The van der Waals surface area contributed by atoms with E-state index in [0.29, 0.717) is 28.4 Å². The van der Waals surface area contributed by atoms with E-state index in [1.165, 1.54) is 4.31 Å². The standard InChI is InChI=1S/C12H17ClN2O2S/c1-8-7-10(13)3-4-12(8)18(16,17)15-6-5-11(14)9(15)2/h3-4,7,9,11H,5-6,14H2,1-2H3. The lowest BCUT2D eigenvalue weighted by Crippen LogP contribution is -2.40. The molecule has 0 bridgehead atoms. The van der Waals surface area contributed by atoms with E-state index in [4.69, 9.17) is 17.3 Å². The third-order valence-electron chi connectivity index (χ3n) is 3.48. The van der Waals surface area contributed by atoms with Crippen LogP contribution in [-0.2, 0) is 10.0 Å². The van der Waals surface area contributed by atoms with Crippen LogP contribution in [-0.4, -0.2) is 31.4 Å². The first-order chi connectivity index (χ1) is 8.34. The van der Waals surface area contributed by atoms with Gasteiger partial charge in [-0.25, -0.2) is 8.42 Å². The average Bonchev–Trinajstić information content (AvgIpc) is 2.59. The number of benzene rings is 1. The highest BCUT2D eigenvalue weighted by Gasteiger charge is 2.37. The zero-order valence-corrected chi connectivity index (χ0v) is 12.0. The van der Waals surface area contributed by atoms with Crippen molar-refractivity contribution in [3.8, 4) is 0 Å². The fraction of sp³-hybridized carbons (Fsp3) is 0.500.